The van der Waals surface area contributed by atoms with Crippen LogP contribution in [-0.2, 0) is 9.53 Å². The van der Waals surface area contributed by atoms with E-state index in [9.17, 15) is 4.79 Å². The van der Waals surface area contributed by atoms with Gasteiger partial charge in [-0.25, -0.2) is 0 Å². The number of ether oxygens (including phenoxy) is 1. The van der Waals surface area contributed by atoms with Gasteiger partial charge in [0.15, 0.2) is 0 Å². The van der Waals surface area contributed by atoms with Crippen LogP contribution in [0.4, 0.5) is 0 Å². The van der Waals surface area contributed by atoms with Gasteiger partial charge in [-0.1, -0.05) is 19.1 Å². The second-order valence-corrected chi connectivity index (χ2v) is 3.12. The lowest BCUT2D eigenvalue weighted by atomic mass is 10.1. The van der Waals surface area contributed by atoms with Gasteiger partial charge in [-0.3, -0.25) is 4.79 Å². The maximum Gasteiger partial charge on any atom is 0.306 e. The first kappa shape index (κ1) is 9.30. The maximum atomic E-state index is 10.9. The fourth-order valence-electron chi connectivity index (χ4n) is 1.36. The maximum absolute atomic E-state index is 10.9. The Labute approximate surface area is 73.6 Å². The molecule has 1 atom stereocenters. The summed E-state index contributed by atoms with van der Waals surface area (Å²) in [5.41, 5.74) is 0. The second kappa shape index (κ2) is 4.96. The normalized spacial score (nSPS) is 24.4. The molecule has 1 heterocycles. The van der Waals surface area contributed by atoms with E-state index in [2.05, 4.69) is 19.1 Å². The first-order valence-corrected chi connectivity index (χ1v) is 4.67. The average Bonchev–Trinajstić information content (AvgIpc) is 2.05. The average molecular weight is 168 g/mol. The van der Waals surface area contributed by atoms with Crippen LogP contribution in [0.3, 0.4) is 0 Å². The predicted molar refractivity (Wildman–Crippen MR) is 47.8 cm³/mol. The first-order valence-electron chi connectivity index (χ1n) is 4.67. The van der Waals surface area contributed by atoms with Gasteiger partial charge >= 0.3 is 5.97 Å². The van der Waals surface area contributed by atoms with Crippen LogP contribution in [0.5, 0.6) is 0 Å². The summed E-state index contributed by atoms with van der Waals surface area (Å²) < 4.78 is 5.14. The summed E-state index contributed by atoms with van der Waals surface area (Å²) in [7, 11) is 0. The number of esters is 1. The van der Waals surface area contributed by atoms with Crippen LogP contribution >= 0.6 is 0 Å². The molecule has 1 rings (SSSR count). The number of hydrogen-bond acceptors (Lipinski definition) is 2. The molecule has 1 unspecified atom stereocenters. The Kier molecular flexibility index (Phi) is 3.85. The molecule has 12 heavy (non-hydrogen) atoms. The topological polar surface area (TPSA) is 26.3 Å². The Morgan fingerprint density at radius 2 is 2.42 bits per heavy atom. The standard InChI is InChI=1S/C10H16O2/c1-2-3-4-6-9-7-5-8-10(11)12-9/h3-4,9H,2,5-8H2,1H3/b4-3-. The molecule has 0 aromatic rings. The van der Waals surface area contributed by atoms with Gasteiger partial charge in [-0.2, -0.15) is 0 Å². The minimum absolute atomic E-state index is 0.0313. The van der Waals surface area contributed by atoms with E-state index in [-0.39, 0.29) is 12.1 Å². The summed E-state index contributed by atoms with van der Waals surface area (Å²) >= 11 is 0. The third-order valence-electron chi connectivity index (χ3n) is 2.01. The summed E-state index contributed by atoms with van der Waals surface area (Å²) in [6.07, 6.45) is 8.93. The van der Waals surface area contributed by atoms with Crippen LogP contribution in [-0.4, -0.2) is 12.1 Å². The van der Waals surface area contributed by atoms with E-state index in [1.807, 2.05) is 0 Å². The lowest BCUT2D eigenvalue weighted by molar-refractivity contribution is -0.153. The Morgan fingerprint density at radius 1 is 1.58 bits per heavy atom. The largest absolute Gasteiger partial charge is 0.462 e. The van der Waals surface area contributed by atoms with Crippen molar-refractivity contribution in [3.8, 4) is 0 Å². The van der Waals surface area contributed by atoms with Gasteiger partial charge in [0.1, 0.15) is 6.10 Å². The third kappa shape index (κ3) is 3.07. The SMILES string of the molecule is CC/C=C\CC1CCCC(=O)O1. The molecule has 1 aliphatic rings. The van der Waals surface area contributed by atoms with E-state index in [4.69, 9.17) is 4.74 Å². The van der Waals surface area contributed by atoms with Gasteiger partial charge in [0.25, 0.3) is 0 Å². The number of hydrogen-bond donors (Lipinski definition) is 0. The summed E-state index contributed by atoms with van der Waals surface area (Å²) in [5.74, 6) is -0.0313. The van der Waals surface area contributed by atoms with Crippen molar-refractivity contribution in [3.63, 3.8) is 0 Å². The van der Waals surface area contributed by atoms with Crippen molar-refractivity contribution in [1.29, 1.82) is 0 Å². The number of carbonyl (C=O) groups is 1. The molecule has 68 valence electrons. The van der Waals surface area contributed by atoms with Crippen LogP contribution in [0.15, 0.2) is 12.2 Å². The summed E-state index contributed by atoms with van der Waals surface area (Å²) in [5, 5.41) is 0. The quantitative estimate of drug-likeness (QED) is 0.478. The highest BCUT2D eigenvalue weighted by atomic mass is 16.5. The molecule has 0 aromatic carbocycles. The highest BCUT2D eigenvalue weighted by molar-refractivity contribution is 5.70. The fourth-order valence-corrected chi connectivity index (χ4v) is 1.36. The van der Waals surface area contributed by atoms with Crippen molar-refractivity contribution in [1.82, 2.24) is 0 Å². The Morgan fingerprint density at radius 3 is 3.08 bits per heavy atom. The van der Waals surface area contributed by atoms with Crippen LogP contribution in [0, 0.1) is 0 Å². The van der Waals surface area contributed by atoms with E-state index < -0.39 is 0 Å². The molecule has 0 aromatic heterocycles. The van der Waals surface area contributed by atoms with Gasteiger partial charge in [-0.15, -0.1) is 0 Å². The molecule has 1 saturated heterocycles. The number of allylic oxidation sites excluding steroid dienone is 1. The van der Waals surface area contributed by atoms with Gasteiger partial charge in [0.05, 0.1) is 0 Å². The highest BCUT2D eigenvalue weighted by Crippen LogP contribution is 2.16. The molecule has 1 aliphatic heterocycles. The van der Waals surface area contributed by atoms with Crippen molar-refractivity contribution in [3.05, 3.63) is 12.2 Å². The number of carbonyl (C=O) groups excluding carboxylic acids is 1. The van der Waals surface area contributed by atoms with E-state index in [1.54, 1.807) is 0 Å². The highest BCUT2D eigenvalue weighted by Gasteiger charge is 2.18. The lowest BCUT2D eigenvalue weighted by Gasteiger charge is -2.20. The number of rotatable bonds is 3. The monoisotopic (exact) mass is 168 g/mol. The summed E-state index contributed by atoms with van der Waals surface area (Å²) in [6.45, 7) is 2.10. The summed E-state index contributed by atoms with van der Waals surface area (Å²) in [4.78, 5) is 10.9. The van der Waals surface area contributed by atoms with E-state index in [1.165, 1.54) is 0 Å². The molecule has 0 amide bonds. The Bertz CT molecular complexity index is 173. The van der Waals surface area contributed by atoms with E-state index in [0.717, 1.165) is 25.7 Å². The van der Waals surface area contributed by atoms with Crippen molar-refractivity contribution in [2.75, 3.05) is 0 Å². The second-order valence-electron chi connectivity index (χ2n) is 3.12. The van der Waals surface area contributed by atoms with Gasteiger partial charge < -0.3 is 4.74 Å². The van der Waals surface area contributed by atoms with Crippen molar-refractivity contribution in [2.24, 2.45) is 0 Å². The first-order chi connectivity index (χ1) is 5.83. The Balaban J connectivity index is 2.22. The predicted octanol–water partition coefficient (Wildman–Crippen LogP) is 2.44. The molecule has 0 N–H and O–H groups in total. The van der Waals surface area contributed by atoms with Gasteiger partial charge in [0.2, 0.25) is 0 Å². The molecule has 0 aliphatic carbocycles. The van der Waals surface area contributed by atoms with E-state index in [0.29, 0.717) is 6.42 Å². The van der Waals surface area contributed by atoms with Crippen molar-refractivity contribution in [2.45, 2.75) is 45.1 Å². The number of cyclic esters (lactones) is 1. The van der Waals surface area contributed by atoms with Crippen LogP contribution in [0.2, 0.25) is 0 Å². The molecule has 0 bridgehead atoms. The summed E-state index contributed by atoms with van der Waals surface area (Å²) in [6, 6.07) is 0. The molecule has 1 fully saturated rings. The lowest BCUT2D eigenvalue weighted by Crippen LogP contribution is -2.22. The molecular weight excluding hydrogens is 152 g/mol. The smallest absolute Gasteiger partial charge is 0.306 e. The minimum atomic E-state index is -0.0313. The Hall–Kier alpha value is -0.790. The molecule has 0 spiro atoms. The molecule has 0 radical (unpaired) electrons. The van der Waals surface area contributed by atoms with Gasteiger partial charge in [0, 0.05) is 12.8 Å². The molecular formula is C10H16O2. The molecule has 0 saturated carbocycles. The van der Waals surface area contributed by atoms with Crippen LogP contribution in [0.1, 0.15) is 39.0 Å². The molecule has 2 nitrogen and oxygen atoms in total. The van der Waals surface area contributed by atoms with Crippen LogP contribution in [0.25, 0.3) is 0 Å². The van der Waals surface area contributed by atoms with Crippen molar-refractivity contribution < 1.29 is 9.53 Å². The van der Waals surface area contributed by atoms with Crippen LogP contribution < -0.4 is 0 Å². The zero-order chi connectivity index (χ0) is 8.81. The molecule has 2 heteroatoms. The van der Waals surface area contributed by atoms with Crippen molar-refractivity contribution >= 4 is 5.97 Å². The third-order valence-corrected chi connectivity index (χ3v) is 2.01. The van der Waals surface area contributed by atoms with Gasteiger partial charge in [-0.05, 0) is 19.3 Å². The zero-order valence-electron chi connectivity index (χ0n) is 7.58. The minimum Gasteiger partial charge on any atom is -0.462 e. The zero-order valence-corrected chi connectivity index (χ0v) is 7.58. The fraction of sp³-hybridized carbons (Fsp3) is 0.700. The van der Waals surface area contributed by atoms with E-state index >= 15 is 0 Å².